The highest BCUT2D eigenvalue weighted by Gasteiger charge is 2.01. The molecule has 2 N–H and O–H groups in total. The first kappa shape index (κ1) is 13.8. The fraction of sp³-hybridized carbons (Fsp3) is 0.286. The molecular formula is C14H18ClNO. The van der Waals surface area contributed by atoms with Crippen molar-refractivity contribution in [2.45, 2.75) is 19.4 Å². The number of ether oxygens (including phenoxy) is 1. The molecule has 0 radical (unpaired) electrons. The summed E-state index contributed by atoms with van der Waals surface area (Å²) < 4.78 is 5.20. The Morgan fingerprint density at radius 1 is 1.12 bits per heavy atom. The van der Waals surface area contributed by atoms with Gasteiger partial charge in [0.25, 0.3) is 0 Å². The number of hydrogen-bond acceptors (Lipinski definition) is 2. The van der Waals surface area contributed by atoms with Gasteiger partial charge in [0, 0.05) is 6.04 Å². The Labute approximate surface area is 108 Å². The average molecular weight is 252 g/mol. The molecule has 0 amide bonds. The van der Waals surface area contributed by atoms with Gasteiger partial charge in [-0.15, -0.1) is 12.4 Å². The van der Waals surface area contributed by atoms with Gasteiger partial charge in [-0.2, -0.15) is 0 Å². The lowest BCUT2D eigenvalue weighted by molar-refractivity contribution is 0.415. The van der Waals surface area contributed by atoms with Gasteiger partial charge in [0.2, 0.25) is 0 Å². The Kier molecular flexibility index (Phi) is 4.79. The van der Waals surface area contributed by atoms with E-state index in [1.54, 1.807) is 7.11 Å². The second-order valence-electron chi connectivity index (χ2n) is 4.23. The summed E-state index contributed by atoms with van der Waals surface area (Å²) in [6, 6.07) is 12.8. The van der Waals surface area contributed by atoms with E-state index in [9.17, 15) is 0 Å². The number of halogens is 1. The van der Waals surface area contributed by atoms with E-state index in [-0.39, 0.29) is 18.4 Å². The summed E-state index contributed by atoms with van der Waals surface area (Å²) in [4.78, 5) is 0. The first-order chi connectivity index (χ1) is 7.69. The van der Waals surface area contributed by atoms with Crippen LogP contribution in [-0.4, -0.2) is 13.2 Å². The van der Waals surface area contributed by atoms with Crippen molar-refractivity contribution in [3.8, 4) is 5.75 Å². The maximum absolute atomic E-state index is 5.79. The number of rotatable bonds is 3. The molecule has 0 aliphatic rings. The normalized spacial score (nSPS) is 11.9. The van der Waals surface area contributed by atoms with E-state index in [2.05, 4.69) is 24.3 Å². The molecule has 17 heavy (non-hydrogen) atoms. The number of benzene rings is 2. The predicted molar refractivity (Wildman–Crippen MR) is 75.1 cm³/mol. The molecule has 0 unspecified atom stereocenters. The summed E-state index contributed by atoms with van der Waals surface area (Å²) in [7, 11) is 1.69. The fourth-order valence-electron chi connectivity index (χ4n) is 1.90. The van der Waals surface area contributed by atoms with Crippen molar-refractivity contribution in [3.63, 3.8) is 0 Å². The van der Waals surface area contributed by atoms with E-state index in [4.69, 9.17) is 10.5 Å². The Balaban J connectivity index is 0.00000144. The molecule has 0 heterocycles. The SMILES string of the molecule is COc1ccc2cc(C[C@@H](C)N)ccc2c1.Cl. The van der Waals surface area contributed by atoms with Crippen LogP contribution in [0.15, 0.2) is 36.4 Å². The van der Waals surface area contributed by atoms with Gasteiger partial charge in [-0.25, -0.2) is 0 Å². The largest absolute Gasteiger partial charge is 0.497 e. The molecule has 2 aromatic rings. The Bertz CT molecular complexity index is 497. The minimum absolute atomic E-state index is 0. The van der Waals surface area contributed by atoms with Crippen molar-refractivity contribution in [2.75, 3.05) is 7.11 Å². The van der Waals surface area contributed by atoms with E-state index in [0.29, 0.717) is 0 Å². The maximum atomic E-state index is 5.79. The molecule has 0 saturated carbocycles. The van der Waals surface area contributed by atoms with Crippen molar-refractivity contribution in [1.29, 1.82) is 0 Å². The van der Waals surface area contributed by atoms with Crippen molar-refractivity contribution < 1.29 is 4.74 Å². The van der Waals surface area contributed by atoms with Gasteiger partial charge >= 0.3 is 0 Å². The van der Waals surface area contributed by atoms with E-state index in [1.807, 2.05) is 19.1 Å². The molecule has 2 nitrogen and oxygen atoms in total. The molecule has 0 fully saturated rings. The predicted octanol–water partition coefficient (Wildman–Crippen LogP) is 3.16. The lowest BCUT2D eigenvalue weighted by Gasteiger charge is -2.07. The van der Waals surface area contributed by atoms with Crippen LogP contribution in [0.2, 0.25) is 0 Å². The quantitative estimate of drug-likeness (QED) is 0.910. The lowest BCUT2D eigenvalue weighted by Crippen LogP contribution is -2.17. The van der Waals surface area contributed by atoms with Crippen LogP contribution in [0.3, 0.4) is 0 Å². The molecule has 1 atom stereocenters. The minimum Gasteiger partial charge on any atom is -0.497 e. The van der Waals surface area contributed by atoms with Gasteiger partial charge in [0.05, 0.1) is 7.11 Å². The first-order valence-electron chi connectivity index (χ1n) is 5.51. The summed E-state index contributed by atoms with van der Waals surface area (Å²) in [6.45, 7) is 2.03. The van der Waals surface area contributed by atoms with Crippen molar-refractivity contribution in [2.24, 2.45) is 5.73 Å². The summed E-state index contributed by atoms with van der Waals surface area (Å²) >= 11 is 0. The summed E-state index contributed by atoms with van der Waals surface area (Å²) in [6.07, 6.45) is 0.919. The smallest absolute Gasteiger partial charge is 0.119 e. The lowest BCUT2D eigenvalue weighted by atomic mass is 10.0. The second kappa shape index (κ2) is 5.89. The average Bonchev–Trinajstić information content (AvgIpc) is 2.27. The Morgan fingerprint density at radius 2 is 1.76 bits per heavy atom. The Hall–Kier alpha value is -1.25. The molecule has 0 spiro atoms. The van der Waals surface area contributed by atoms with Crippen molar-refractivity contribution in [1.82, 2.24) is 0 Å². The minimum atomic E-state index is 0. The highest BCUT2D eigenvalue weighted by atomic mass is 35.5. The molecule has 92 valence electrons. The number of nitrogens with two attached hydrogens (primary N) is 1. The molecule has 0 saturated heterocycles. The number of methoxy groups -OCH3 is 1. The molecule has 0 bridgehead atoms. The van der Waals surface area contributed by atoms with Crippen molar-refractivity contribution >= 4 is 23.2 Å². The molecular weight excluding hydrogens is 234 g/mol. The zero-order chi connectivity index (χ0) is 11.5. The third-order valence-corrected chi connectivity index (χ3v) is 2.67. The molecule has 0 aliphatic heterocycles. The molecule has 0 aromatic heterocycles. The molecule has 2 rings (SSSR count). The van der Waals surface area contributed by atoms with Crippen LogP contribution >= 0.6 is 12.4 Å². The fourth-order valence-corrected chi connectivity index (χ4v) is 1.90. The van der Waals surface area contributed by atoms with E-state index >= 15 is 0 Å². The second-order valence-corrected chi connectivity index (χ2v) is 4.23. The molecule has 3 heteroatoms. The number of fused-ring (bicyclic) bond motifs is 1. The molecule has 0 aliphatic carbocycles. The van der Waals surface area contributed by atoms with Crippen molar-refractivity contribution in [3.05, 3.63) is 42.0 Å². The van der Waals surface area contributed by atoms with Crippen LogP contribution in [0.4, 0.5) is 0 Å². The van der Waals surface area contributed by atoms with Gasteiger partial charge in [-0.05, 0) is 41.8 Å². The van der Waals surface area contributed by atoms with Crippen LogP contribution < -0.4 is 10.5 Å². The summed E-state index contributed by atoms with van der Waals surface area (Å²) in [5.41, 5.74) is 7.08. The van der Waals surface area contributed by atoms with Gasteiger partial charge in [-0.1, -0.05) is 24.3 Å². The van der Waals surface area contributed by atoms with Crippen LogP contribution in [-0.2, 0) is 6.42 Å². The summed E-state index contributed by atoms with van der Waals surface area (Å²) in [5.74, 6) is 0.896. The topological polar surface area (TPSA) is 35.2 Å². The monoisotopic (exact) mass is 251 g/mol. The van der Waals surface area contributed by atoms with E-state index in [0.717, 1.165) is 12.2 Å². The summed E-state index contributed by atoms with van der Waals surface area (Å²) in [5, 5.41) is 2.44. The van der Waals surface area contributed by atoms with E-state index < -0.39 is 0 Å². The zero-order valence-electron chi connectivity index (χ0n) is 10.1. The highest BCUT2D eigenvalue weighted by molar-refractivity contribution is 5.85. The maximum Gasteiger partial charge on any atom is 0.119 e. The van der Waals surface area contributed by atoms with Gasteiger partial charge < -0.3 is 10.5 Å². The van der Waals surface area contributed by atoms with Gasteiger partial charge in [0.15, 0.2) is 0 Å². The Morgan fingerprint density at radius 3 is 2.41 bits per heavy atom. The highest BCUT2D eigenvalue weighted by Crippen LogP contribution is 2.22. The first-order valence-corrected chi connectivity index (χ1v) is 5.51. The van der Waals surface area contributed by atoms with Gasteiger partial charge in [0.1, 0.15) is 5.75 Å². The van der Waals surface area contributed by atoms with Gasteiger partial charge in [-0.3, -0.25) is 0 Å². The van der Waals surface area contributed by atoms with Crippen LogP contribution in [0.25, 0.3) is 10.8 Å². The van der Waals surface area contributed by atoms with Crippen LogP contribution in [0, 0.1) is 0 Å². The van der Waals surface area contributed by atoms with Crippen LogP contribution in [0.5, 0.6) is 5.75 Å². The van der Waals surface area contributed by atoms with Crippen LogP contribution in [0.1, 0.15) is 12.5 Å². The number of hydrogen-bond donors (Lipinski definition) is 1. The van der Waals surface area contributed by atoms with E-state index in [1.165, 1.54) is 16.3 Å². The molecule has 2 aromatic carbocycles. The zero-order valence-corrected chi connectivity index (χ0v) is 11.0. The third-order valence-electron chi connectivity index (χ3n) is 2.67. The third kappa shape index (κ3) is 3.35. The standard InChI is InChI=1S/C14H17NO.ClH/c1-10(15)7-11-3-4-13-9-14(16-2)6-5-12(13)8-11;/h3-6,8-10H,7,15H2,1-2H3;1H/t10-;/m1./s1.